The maximum Gasteiger partial charge on any atom is 0.433 e. The first-order chi connectivity index (χ1) is 9.63. The summed E-state index contributed by atoms with van der Waals surface area (Å²) in [6.45, 7) is -0.000922. The fourth-order valence-corrected chi connectivity index (χ4v) is 1.50. The number of nitriles is 1. The molecule has 9 heteroatoms. The normalized spacial score (nSPS) is 12.0. The molecule has 0 radical (unpaired) electrons. The lowest BCUT2D eigenvalue weighted by molar-refractivity contribution is -0.141. The van der Waals surface area contributed by atoms with Gasteiger partial charge in [-0.1, -0.05) is 0 Å². The van der Waals surface area contributed by atoms with Crippen LogP contribution >= 0.6 is 0 Å². The van der Waals surface area contributed by atoms with Gasteiger partial charge in [-0.25, -0.2) is 4.98 Å². The summed E-state index contributed by atoms with van der Waals surface area (Å²) in [5.41, 5.74) is -1.27. The predicted molar refractivity (Wildman–Crippen MR) is 62.3 cm³/mol. The van der Waals surface area contributed by atoms with Gasteiger partial charge >= 0.3 is 12.4 Å². The van der Waals surface area contributed by atoms with Crippen LogP contribution in [0, 0.1) is 11.3 Å². The SMILES string of the molecule is N#Cc1ccc(C(F)(F)F)nc1NCCCCC(F)(F)F. The summed E-state index contributed by atoms with van der Waals surface area (Å²) in [7, 11) is 0. The molecule has 1 heterocycles. The molecule has 0 saturated carbocycles. The largest absolute Gasteiger partial charge is 0.433 e. The fraction of sp³-hybridized carbons (Fsp3) is 0.500. The van der Waals surface area contributed by atoms with Gasteiger partial charge in [-0.3, -0.25) is 0 Å². The van der Waals surface area contributed by atoms with Crippen LogP contribution in [-0.4, -0.2) is 17.7 Å². The maximum atomic E-state index is 12.5. The van der Waals surface area contributed by atoms with Gasteiger partial charge in [-0.2, -0.15) is 31.6 Å². The number of pyridine rings is 1. The van der Waals surface area contributed by atoms with Crippen molar-refractivity contribution in [2.24, 2.45) is 0 Å². The molecule has 0 bridgehead atoms. The average molecular weight is 311 g/mol. The summed E-state index contributed by atoms with van der Waals surface area (Å²) in [6, 6.07) is 3.31. The Morgan fingerprint density at radius 1 is 1.10 bits per heavy atom. The number of hydrogen-bond acceptors (Lipinski definition) is 3. The zero-order valence-corrected chi connectivity index (χ0v) is 10.6. The highest BCUT2D eigenvalue weighted by Gasteiger charge is 2.33. The fourth-order valence-electron chi connectivity index (χ4n) is 1.50. The minimum absolute atomic E-state index is 0.000922. The Labute approximate surface area is 116 Å². The van der Waals surface area contributed by atoms with Crippen LogP contribution in [0.5, 0.6) is 0 Å². The first-order valence-electron chi connectivity index (χ1n) is 5.92. The number of alkyl halides is 6. The minimum atomic E-state index is -4.65. The van der Waals surface area contributed by atoms with E-state index in [9.17, 15) is 26.3 Å². The minimum Gasteiger partial charge on any atom is -0.369 e. The Kier molecular flexibility index (Phi) is 5.41. The molecule has 0 fully saturated rings. The van der Waals surface area contributed by atoms with Gasteiger partial charge in [0.05, 0.1) is 5.56 Å². The standard InChI is InChI=1S/C12H11F6N3/c13-11(14,15)5-1-2-6-20-10-8(7-19)3-4-9(21-10)12(16,17)18/h3-4H,1-2,5-6H2,(H,20,21). The number of aromatic nitrogens is 1. The maximum absolute atomic E-state index is 12.5. The molecule has 0 aromatic carbocycles. The molecule has 0 aliphatic rings. The number of anilines is 1. The van der Waals surface area contributed by atoms with Crippen molar-refractivity contribution in [3.05, 3.63) is 23.4 Å². The lowest BCUT2D eigenvalue weighted by atomic mass is 10.2. The highest BCUT2D eigenvalue weighted by atomic mass is 19.4. The van der Waals surface area contributed by atoms with Gasteiger partial charge in [0.1, 0.15) is 17.6 Å². The van der Waals surface area contributed by atoms with E-state index >= 15 is 0 Å². The molecule has 0 saturated heterocycles. The zero-order valence-electron chi connectivity index (χ0n) is 10.6. The smallest absolute Gasteiger partial charge is 0.369 e. The number of unbranched alkanes of at least 4 members (excludes halogenated alkanes) is 1. The van der Waals surface area contributed by atoms with E-state index in [4.69, 9.17) is 5.26 Å². The Hall–Kier alpha value is -1.98. The van der Waals surface area contributed by atoms with E-state index < -0.39 is 24.5 Å². The third-order valence-corrected chi connectivity index (χ3v) is 2.49. The lowest BCUT2D eigenvalue weighted by Gasteiger charge is -2.11. The monoisotopic (exact) mass is 311 g/mol. The molecule has 116 valence electrons. The van der Waals surface area contributed by atoms with Crippen molar-refractivity contribution in [3.8, 4) is 6.07 Å². The quantitative estimate of drug-likeness (QED) is 0.657. The van der Waals surface area contributed by atoms with Crippen LogP contribution < -0.4 is 5.32 Å². The molecule has 0 aliphatic heterocycles. The van der Waals surface area contributed by atoms with E-state index in [1.165, 1.54) is 0 Å². The molecule has 1 N–H and O–H groups in total. The molecule has 0 amide bonds. The third-order valence-electron chi connectivity index (χ3n) is 2.49. The van der Waals surface area contributed by atoms with Crippen LogP contribution in [0.1, 0.15) is 30.5 Å². The Bertz CT molecular complexity index is 515. The predicted octanol–water partition coefficient (Wildman–Crippen LogP) is 4.12. The van der Waals surface area contributed by atoms with Gasteiger partial charge in [-0.05, 0) is 25.0 Å². The van der Waals surface area contributed by atoms with Gasteiger partial charge in [0.2, 0.25) is 0 Å². The third kappa shape index (κ3) is 5.89. The average Bonchev–Trinajstić information content (AvgIpc) is 2.35. The summed E-state index contributed by atoms with van der Waals surface area (Å²) < 4.78 is 73.2. The van der Waals surface area contributed by atoms with Crippen LogP contribution in [-0.2, 0) is 6.18 Å². The molecule has 21 heavy (non-hydrogen) atoms. The molecule has 0 unspecified atom stereocenters. The van der Waals surface area contributed by atoms with E-state index in [1.807, 2.05) is 0 Å². The molecule has 3 nitrogen and oxygen atoms in total. The first kappa shape index (κ1) is 17.1. The zero-order chi connectivity index (χ0) is 16.1. The second-order valence-corrected chi connectivity index (χ2v) is 4.20. The number of rotatable bonds is 5. The van der Waals surface area contributed by atoms with Crippen LogP contribution in [0.2, 0.25) is 0 Å². The van der Waals surface area contributed by atoms with Gasteiger partial charge in [-0.15, -0.1) is 0 Å². The van der Waals surface area contributed by atoms with Gasteiger partial charge in [0.15, 0.2) is 0 Å². The van der Waals surface area contributed by atoms with Gasteiger partial charge < -0.3 is 5.32 Å². The van der Waals surface area contributed by atoms with Crippen molar-refractivity contribution < 1.29 is 26.3 Å². The number of halogens is 6. The number of hydrogen-bond donors (Lipinski definition) is 1. The summed E-state index contributed by atoms with van der Waals surface area (Å²) in [6.07, 6.45) is -9.93. The summed E-state index contributed by atoms with van der Waals surface area (Å²) in [5.74, 6) is -0.278. The van der Waals surface area contributed by atoms with Gasteiger partial charge in [0, 0.05) is 13.0 Å². The second-order valence-electron chi connectivity index (χ2n) is 4.20. The molecule has 0 atom stereocenters. The number of nitrogens with one attached hydrogen (secondary N) is 1. The van der Waals surface area contributed by atoms with Crippen LogP contribution in [0.25, 0.3) is 0 Å². The van der Waals surface area contributed by atoms with Crippen molar-refractivity contribution in [2.75, 3.05) is 11.9 Å². The van der Waals surface area contributed by atoms with E-state index in [-0.39, 0.29) is 30.8 Å². The van der Waals surface area contributed by atoms with Crippen molar-refractivity contribution >= 4 is 5.82 Å². The van der Waals surface area contributed by atoms with E-state index in [0.717, 1.165) is 6.07 Å². The van der Waals surface area contributed by atoms with Crippen molar-refractivity contribution in [2.45, 2.75) is 31.6 Å². The van der Waals surface area contributed by atoms with Crippen molar-refractivity contribution in [1.82, 2.24) is 4.98 Å². The molecule has 1 rings (SSSR count). The summed E-state index contributed by atoms with van der Waals surface area (Å²) >= 11 is 0. The van der Waals surface area contributed by atoms with Crippen molar-refractivity contribution in [1.29, 1.82) is 5.26 Å². The van der Waals surface area contributed by atoms with Gasteiger partial charge in [0.25, 0.3) is 0 Å². The van der Waals surface area contributed by atoms with Crippen molar-refractivity contribution in [3.63, 3.8) is 0 Å². The molecule has 1 aromatic heterocycles. The Morgan fingerprint density at radius 2 is 1.76 bits per heavy atom. The highest BCUT2D eigenvalue weighted by Crippen LogP contribution is 2.29. The highest BCUT2D eigenvalue weighted by molar-refractivity contribution is 5.52. The lowest BCUT2D eigenvalue weighted by Crippen LogP contribution is -2.13. The van der Waals surface area contributed by atoms with Crippen LogP contribution in [0.4, 0.5) is 32.2 Å². The Balaban J connectivity index is 2.63. The molecule has 1 aromatic rings. The Morgan fingerprint density at radius 3 is 2.29 bits per heavy atom. The molecule has 0 spiro atoms. The summed E-state index contributed by atoms with van der Waals surface area (Å²) in [5, 5.41) is 11.2. The molecular formula is C12H11F6N3. The number of nitrogens with zero attached hydrogens (tertiary/aromatic N) is 2. The van der Waals surface area contributed by atoms with E-state index in [1.54, 1.807) is 6.07 Å². The second kappa shape index (κ2) is 6.65. The van der Waals surface area contributed by atoms with Crippen LogP contribution in [0.15, 0.2) is 12.1 Å². The topological polar surface area (TPSA) is 48.7 Å². The van der Waals surface area contributed by atoms with E-state index in [0.29, 0.717) is 6.07 Å². The molecular weight excluding hydrogens is 300 g/mol. The van der Waals surface area contributed by atoms with Crippen LogP contribution in [0.3, 0.4) is 0 Å². The first-order valence-corrected chi connectivity index (χ1v) is 5.92. The molecule has 0 aliphatic carbocycles. The summed E-state index contributed by atoms with van der Waals surface area (Å²) in [4.78, 5) is 3.28. The van der Waals surface area contributed by atoms with E-state index in [2.05, 4.69) is 10.3 Å².